The molecule has 12 heteroatoms. The summed E-state index contributed by atoms with van der Waals surface area (Å²) in [4.78, 5) is 28.5. The number of methoxy groups -OCH3 is 1. The van der Waals surface area contributed by atoms with Crippen LogP contribution in [0, 0.1) is 0 Å². The average Bonchev–Trinajstić information content (AvgIpc) is 3.50. The van der Waals surface area contributed by atoms with Gasteiger partial charge in [-0.1, -0.05) is 6.58 Å². The van der Waals surface area contributed by atoms with Crippen molar-refractivity contribution in [2.24, 2.45) is 0 Å². The lowest BCUT2D eigenvalue weighted by molar-refractivity contribution is -0.111. The summed E-state index contributed by atoms with van der Waals surface area (Å²) in [7, 11) is 11.5. The smallest absolute Gasteiger partial charge is 0.247 e. The van der Waals surface area contributed by atoms with Gasteiger partial charge in [0.25, 0.3) is 0 Å². The minimum atomic E-state index is -0.308. The van der Waals surface area contributed by atoms with E-state index in [4.69, 9.17) is 14.8 Å². The number of fused-ring (bicyclic) bond motifs is 1. The fourth-order valence-corrected chi connectivity index (χ4v) is 4.72. The van der Waals surface area contributed by atoms with E-state index in [-0.39, 0.29) is 5.91 Å². The number of benzene rings is 1. The first-order valence-electron chi connectivity index (χ1n) is 12.0. The van der Waals surface area contributed by atoms with Crippen molar-refractivity contribution in [3.05, 3.63) is 48.5 Å². The van der Waals surface area contributed by atoms with E-state index in [2.05, 4.69) is 38.1 Å². The van der Waals surface area contributed by atoms with Crippen LogP contribution in [0.2, 0.25) is 0 Å². The van der Waals surface area contributed by atoms with E-state index in [1.165, 1.54) is 6.08 Å². The second-order valence-corrected chi connectivity index (χ2v) is 10.0. The Morgan fingerprint density at radius 1 is 1.16 bits per heavy atom. The number of carbonyl (C=O) groups excluding carboxylic acids is 1. The summed E-state index contributed by atoms with van der Waals surface area (Å²) in [5.41, 5.74) is 2.02. The molecule has 0 aliphatic heterocycles. The number of rotatable bonds is 11. The highest BCUT2D eigenvalue weighted by Gasteiger charge is 2.18. The Bertz CT molecular complexity index is 1440. The second-order valence-electron chi connectivity index (χ2n) is 9.12. The van der Waals surface area contributed by atoms with E-state index in [0.717, 1.165) is 34.8 Å². The largest absolute Gasteiger partial charge is 0.494 e. The van der Waals surface area contributed by atoms with Crippen molar-refractivity contribution in [3.8, 4) is 11.6 Å². The number of hydrogen-bond acceptors (Lipinski definition) is 10. The number of likely N-dealkylation sites (N-methyl/N-ethyl adjacent to an activating group) is 2. The number of anilines is 5. The summed E-state index contributed by atoms with van der Waals surface area (Å²) in [6.07, 6.45) is 2.92. The minimum absolute atomic E-state index is 0.308. The molecule has 1 amide bonds. The van der Waals surface area contributed by atoms with Gasteiger partial charge >= 0.3 is 0 Å². The molecule has 3 heterocycles. The highest BCUT2D eigenvalue weighted by Crippen LogP contribution is 2.38. The van der Waals surface area contributed by atoms with Crippen molar-refractivity contribution in [1.82, 2.24) is 24.6 Å². The first-order valence-corrected chi connectivity index (χ1v) is 12.8. The van der Waals surface area contributed by atoms with Crippen LogP contribution in [0.5, 0.6) is 5.75 Å². The summed E-state index contributed by atoms with van der Waals surface area (Å²) in [5.74, 6) is 2.13. The number of carbonyl (C=O) groups is 1. The van der Waals surface area contributed by atoms with Crippen molar-refractivity contribution in [1.29, 1.82) is 0 Å². The number of ether oxygens (including phenoxy) is 1. The fraction of sp³-hybridized carbons (Fsp3) is 0.308. The number of amides is 1. The van der Waals surface area contributed by atoms with E-state index in [0.29, 0.717) is 28.9 Å². The zero-order valence-electron chi connectivity index (χ0n) is 22.5. The third-order valence-corrected chi connectivity index (χ3v) is 6.74. The summed E-state index contributed by atoms with van der Waals surface area (Å²) in [6.45, 7) is 5.17. The van der Waals surface area contributed by atoms with Crippen molar-refractivity contribution >= 4 is 56.3 Å². The molecule has 0 bridgehead atoms. The maximum atomic E-state index is 12.2. The Morgan fingerprint density at radius 3 is 2.63 bits per heavy atom. The van der Waals surface area contributed by atoms with Crippen LogP contribution in [-0.2, 0) is 4.79 Å². The SMILES string of the molecule is C=CC(=O)Nc1cc(Nc2nccc(-n3nc(N(C)C)c4ccsc43)n2)c(OC)cc1N(C)CCN(C)C. The van der Waals surface area contributed by atoms with Gasteiger partial charge in [-0.2, -0.15) is 4.98 Å². The van der Waals surface area contributed by atoms with Gasteiger partial charge < -0.3 is 30.1 Å². The number of thiophene rings is 1. The number of nitrogens with one attached hydrogen (secondary N) is 2. The maximum absolute atomic E-state index is 12.2. The molecule has 4 rings (SSSR count). The molecule has 0 fully saturated rings. The first-order chi connectivity index (χ1) is 18.2. The van der Waals surface area contributed by atoms with Crippen LogP contribution >= 0.6 is 11.3 Å². The topological polar surface area (TPSA) is 104 Å². The maximum Gasteiger partial charge on any atom is 0.247 e. The van der Waals surface area contributed by atoms with E-state index >= 15 is 0 Å². The van der Waals surface area contributed by atoms with Crippen LogP contribution in [0.3, 0.4) is 0 Å². The second kappa shape index (κ2) is 11.5. The zero-order chi connectivity index (χ0) is 27.4. The molecule has 0 aliphatic carbocycles. The van der Waals surface area contributed by atoms with Crippen molar-refractivity contribution in [2.75, 3.05) is 75.9 Å². The number of nitrogens with zero attached hydrogens (tertiary/aromatic N) is 7. The van der Waals surface area contributed by atoms with Gasteiger partial charge in [0.1, 0.15) is 10.6 Å². The van der Waals surface area contributed by atoms with Crippen LogP contribution in [-0.4, -0.2) is 86.0 Å². The van der Waals surface area contributed by atoms with Crippen LogP contribution in [0.4, 0.5) is 28.8 Å². The molecule has 2 N–H and O–H groups in total. The Balaban J connectivity index is 1.71. The van der Waals surface area contributed by atoms with E-state index in [9.17, 15) is 4.79 Å². The molecule has 0 aliphatic rings. The molecule has 11 nitrogen and oxygen atoms in total. The molecule has 1 aromatic carbocycles. The number of aromatic nitrogens is 4. The molecule has 3 aromatic heterocycles. The highest BCUT2D eigenvalue weighted by atomic mass is 32.1. The fourth-order valence-electron chi connectivity index (χ4n) is 3.87. The van der Waals surface area contributed by atoms with Gasteiger partial charge in [-0.05, 0) is 37.7 Å². The van der Waals surface area contributed by atoms with Gasteiger partial charge in [-0.3, -0.25) is 4.79 Å². The standard InChI is InChI=1S/C26H33N9O2S/c1-8-23(36)28-18-15-19(21(37-7)16-20(18)34(6)13-12-32(2)3)29-26-27-11-9-22(30-26)35-25-17(10-14-38-25)24(31-35)33(4)5/h8-11,14-16H,1,12-13H2,2-7H3,(H,28,36)(H,27,29,30). The minimum Gasteiger partial charge on any atom is -0.494 e. The average molecular weight is 536 g/mol. The number of hydrogen-bond donors (Lipinski definition) is 2. The van der Waals surface area contributed by atoms with Crippen LogP contribution < -0.4 is 25.2 Å². The van der Waals surface area contributed by atoms with Gasteiger partial charge in [-0.25, -0.2) is 9.67 Å². The summed E-state index contributed by atoms with van der Waals surface area (Å²) >= 11 is 1.60. The highest BCUT2D eigenvalue weighted by molar-refractivity contribution is 7.16. The van der Waals surface area contributed by atoms with Gasteiger partial charge in [-0.15, -0.1) is 16.4 Å². The summed E-state index contributed by atoms with van der Waals surface area (Å²) < 4.78 is 7.52. The Kier molecular flexibility index (Phi) is 8.13. The van der Waals surface area contributed by atoms with Crippen molar-refractivity contribution < 1.29 is 9.53 Å². The van der Waals surface area contributed by atoms with Gasteiger partial charge in [0.15, 0.2) is 11.6 Å². The monoisotopic (exact) mass is 535 g/mol. The van der Waals surface area contributed by atoms with Crippen molar-refractivity contribution in [2.45, 2.75) is 0 Å². The quantitative estimate of drug-likeness (QED) is 0.277. The third kappa shape index (κ3) is 5.71. The molecule has 200 valence electrons. The zero-order valence-corrected chi connectivity index (χ0v) is 23.3. The van der Waals surface area contributed by atoms with E-state index < -0.39 is 0 Å². The van der Waals surface area contributed by atoms with Crippen LogP contribution in [0.1, 0.15) is 0 Å². The Labute approximate surface area is 226 Å². The molecule has 0 atom stereocenters. The van der Waals surface area contributed by atoms with Gasteiger partial charge in [0, 0.05) is 52.6 Å². The Hall–Kier alpha value is -4.16. The Morgan fingerprint density at radius 2 is 1.95 bits per heavy atom. The lowest BCUT2D eigenvalue weighted by Crippen LogP contribution is -2.29. The molecule has 38 heavy (non-hydrogen) atoms. The van der Waals surface area contributed by atoms with Gasteiger partial charge in [0.2, 0.25) is 11.9 Å². The molecule has 0 unspecified atom stereocenters. The molecular formula is C26H33N9O2S. The lowest BCUT2D eigenvalue weighted by atomic mass is 10.2. The van der Waals surface area contributed by atoms with E-state index in [1.54, 1.807) is 24.6 Å². The summed E-state index contributed by atoms with van der Waals surface area (Å²) in [6, 6.07) is 7.56. The van der Waals surface area contributed by atoms with Crippen LogP contribution in [0.25, 0.3) is 16.0 Å². The summed E-state index contributed by atoms with van der Waals surface area (Å²) in [5, 5.41) is 14.0. The molecule has 0 saturated heterocycles. The first kappa shape index (κ1) is 26.9. The van der Waals surface area contributed by atoms with Gasteiger partial charge in [0.05, 0.1) is 29.6 Å². The van der Waals surface area contributed by atoms with Crippen molar-refractivity contribution in [3.63, 3.8) is 0 Å². The predicted octanol–water partition coefficient (Wildman–Crippen LogP) is 3.82. The molecule has 0 radical (unpaired) electrons. The molecule has 0 saturated carbocycles. The van der Waals surface area contributed by atoms with E-state index in [1.807, 2.05) is 68.4 Å². The van der Waals surface area contributed by atoms with Crippen LogP contribution in [0.15, 0.2) is 48.5 Å². The predicted molar refractivity (Wildman–Crippen MR) is 156 cm³/mol. The molecule has 4 aromatic rings. The normalized spacial score (nSPS) is 11.0. The lowest BCUT2D eigenvalue weighted by Gasteiger charge is -2.26. The molecular weight excluding hydrogens is 502 g/mol. The molecule has 0 spiro atoms. The third-order valence-electron chi connectivity index (χ3n) is 5.86.